The molecule has 3 heterocycles. The number of fused-ring (bicyclic) bond motifs is 1. The van der Waals surface area contributed by atoms with Gasteiger partial charge in [-0.05, 0) is 38.1 Å². The van der Waals surface area contributed by atoms with Crippen LogP contribution in [-0.2, 0) is 6.42 Å². The monoisotopic (exact) mass is 244 g/mol. The molecule has 2 N–H and O–H groups in total. The third kappa shape index (κ3) is 1.86. The Bertz CT molecular complexity index is 546. The SMILES string of the molecule is CCN1CCCC1Cc1ncc2c(N)cccn12. The summed E-state index contributed by atoms with van der Waals surface area (Å²) < 4.78 is 2.13. The van der Waals surface area contributed by atoms with Gasteiger partial charge in [0.1, 0.15) is 5.82 Å². The Morgan fingerprint density at radius 2 is 2.39 bits per heavy atom. The first kappa shape index (κ1) is 11.5. The van der Waals surface area contributed by atoms with Gasteiger partial charge in [0.15, 0.2) is 0 Å². The third-order valence-corrected chi connectivity index (χ3v) is 4.00. The Balaban J connectivity index is 1.89. The van der Waals surface area contributed by atoms with Crippen LogP contribution in [0.3, 0.4) is 0 Å². The van der Waals surface area contributed by atoms with Gasteiger partial charge in [-0.1, -0.05) is 6.92 Å². The number of hydrogen-bond donors (Lipinski definition) is 1. The van der Waals surface area contributed by atoms with Crippen LogP contribution < -0.4 is 5.73 Å². The van der Waals surface area contributed by atoms with E-state index >= 15 is 0 Å². The van der Waals surface area contributed by atoms with Crippen molar-refractivity contribution in [2.24, 2.45) is 0 Å². The number of nitrogens with zero attached hydrogens (tertiary/aromatic N) is 3. The van der Waals surface area contributed by atoms with Crippen molar-refractivity contribution in [2.45, 2.75) is 32.2 Å². The summed E-state index contributed by atoms with van der Waals surface area (Å²) in [7, 11) is 0. The first-order valence-corrected chi connectivity index (χ1v) is 6.74. The smallest absolute Gasteiger partial charge is 0.114 e. The average molecular weight is 244 g/mol. The molecule has 2 aromatic heterocycles. The highest BCUT2D eigenvalue weighted by Gasteiger charge is 2.24. The molecule has 0 bridgehead atoms. The Morgan fingerprint density at radius 3 is 3.22 bits per heavy atom. The molecule has 4 heteroatoms. The summed E-state index contributed by atoms with van der Waals surface area (Å²) in [6, 6.07) is 4.55. The van der Waals surface area contributed by atoms with Crippen molar-refractivity contribution < 1.29 is 0 Å². The summed E-state index contributed by atoms with van der Waals surface area (Å²) in [5.74, 6) is 1.13. The Kier molecular flexibility index (Phi) is 2.96. The minimum Gasteiger partial charge on any atom is -0.397 e. The van der Waals surface area contributed by atoms with Gasteiger partial charge in [-0.3, -0.25) is 0 Å². The van der Waals surface area contributed by atoms with E-state index in [1.807, 2.05) is 18.3 Å². The number of anilines is 1. The second-order valence-electron chi connectivity index (χ2n) is 5.02. The van der Waals surface area contributed by atoms with Gasteiger partial charge in [-0.15, -0.1) is 0 Å². The molecule has 1 atom stereocenters. The van der Waals surface area contributed by atoms with E-state index in [1.165, 1.54) is 19.4 Å². The lowest BCUT2D eigenvalue weighted by Gasteiger charge is -2.22. The summed E-state index contributed by atoms with van der Waals surface area (Å²) >= 11 is 0. The maximum absolute atomic E-state index is 5.96. The molecule has 96 valence electrons. The molecule has 0 spiro atoms. The maximum Gasteiger partial charge on any atom is 0.114 e. The quantitative estimate of drug-likeness (QED) is 0.897. The van der Waals surface area contributed by atoms with Crippen LogP contribution in [0.15, 0.2) is 24.5 Å². The van der Waals surface area contributed by atoms with Gasteiger partial charge in [-0.25, -0.2) is 4.98 Å². The van der Waals surface area contributed by atoms with E-state index in [-0.39, 0.29) is 0 Å². The molecular weight excluding hydrogens is 224 g/mol. The van der Waals surface area contributed by atoms with E-state index in [0.29, 0.717) is 6.04 Å². The topological polar surface area (TPSA) is 46.6 Å². The number of nitrogens with two attached hydrogens (primary N) is 1. The van der Waals surface area contributed by atoms with Crippen LogP contribution >= 0.6 is 0 Å². The summed E-state index contributed by atoms with van der Waals surface area (Å²) in [4.78, 5) is 7.09. The van der Waals surface area contributed by atoms with Crippen LogP contribution in [0.4, 0.5) is 5.69 Å². The average Bonchev–Trinajstić information content (AvgIpc) is 2.98. The van der Waals surface area contributed by atoms with E-state index in [2.05, 4.69) is 27.4 Å². The van der Waals surface area contributed by atoms with Crippen molar-refractivity contribution in [1.82, 2.24) is 14.3 Å². The van der Waals surface area contributed by atoms with Crippen molar-refractivity contribution in [3.05, 3.63) is 30.4 Å². The van der Waals surface area contributed by atoms with Gasteiger partial charge in [0, 0.05) is 18.7 Å². The lowest BCUT2D eigenvalue weighted by molar-refractivity contribution is 0.263. The van der Waals surface area contributed by atoms with Gasteiger partial charge in [-0.2, -0.15) is 0 Å². The number of aromatic nitrogens is 2. The van der Waals surface area contributed by atoms with E-state index in [4.69, 9.17) is 5.73 Å². The minimum atomic E-state index is 0.641. The molecule has 0 amide bonds. The highest BCUT2D eigenvalue weighted by Crippen LogP contribution is 2.22. The molecule has 1 saturated heterocycles. The standard InChI is InChI=1S/C14H20N4/c1-2-17-7-3-5-11(17)9-14-16-10-13-12(15)6-4-8-18(13)14/h4,6,8,10-11H,2-3,5,7,9,15H2,1H3. The van der Waals surface area contributed by atoms with Gasteiger partial charge in [0.25, 0.3) is 0 Å². The molecule has 0 aromatic carbocycles. The number of hydrogen-bond acceptors (Lipinski definition) is 3. The summed E-state index contributed by atoms with van der Waals surface area (Å²) in [5, 5.41) is 0. The van der Waals surface area contributed by atoms with E-state index < -0.39 is 0 Å². The maximum atomic E-state index is 5.96. The number of likely N-dealkylation sites (tertiary alicyclic amines) is 1. The predicted molar refractivity (Wildman–Crippen MR) is 73.6 cm³/mol. The molecule has 4 nitrogen and oxygen atoms in total. The van der Waals surface area contributed by atoms with E-state index in [0.717, 1.165) is 30.0 Å². The van der Waals surface area contributed by atoms with Crippen LogP contribution in [0.5, 0.6) is 0 Å². The largest absolute Gasteiger partial charge is 0.397 e. The molecule has 18 heavy (non-hydrogen) atoms. The number of nitrogen functional groups attached to an aromatic ring is 1. The zero-order valence-electron chi connectivity index (χ0n) is 10.8. The van der Waals surface area contributed by atoms with Gasteiger partial charge in [0.2, 0.25) is 0 Å². The van der Waals surface area contributed by atoms with Gasteiger partial charge >= 0.3 is 0 Å². The van der Waals surface area contributed by atoms with Crippen LogP contribution in [-0.4, -0.2) is 33.4 Å². The Labute approximate surface area is 107 Å². The van der Waals surface area contributed by atoms with Crippen molar-refractivity contribution in [3.8, 4) is 0 Å². The lowest BCUT2D eigenvalue weighted by atomic mass is 10.1. The molecular formula is C14H20N4. The van der Waals surface area contributed by atoms with Crippen LogP contribution in [0.2, 0.25) is 0 Å². The number of likely N-dealkylation sites (N-methyl/N-ethyl adjacent to an activating group) is 1. The molecule has 1 unspecified atom stereocenters. The van der Waals surface area contributed by atoms with E-state index in [1.54, 1.807) is 0 Å². The summed E-state index contributed by atoms with van der Waals surface area (Å²) in [6.07, 6.45) is 7.55. The van der Waals surface area contributed by atoms with Crippen LogP contribution in [0, 0.1) is 0 Å². The molecule has 2 aromatic rings. The van der Waals surface area contributed by atoms with Gasteiger partial charge in [0.05, 0.1) is 17.4 Å². The Hall–Kier alpha value is -1.55. The van der Waals surface area contributed by atoms with Gasteiger partial charge < -0.3 is 15.0 Å². The predicted octanol–water partition coefficient (Wildman–Crippen LogP) is 1.94. The molecule has 1 aliphatic heterocycles. The first-order chi connectivity index (χ1) is 8.79. The number of pyridine rings is 1. The van der Waals surface area contributed by atoms with Crippen LogP contribution in [0.1, 0.15) is 25.6 Å². The molecule has 1 fully saturated rings. The molecule has 0 saturated carbocycles. The zero-order valence-corrected chi connectivity index (χ0v) is 10.8. The molecule has 3 rings (SSSR count). The van der Waals surface area contributed by atoms with E-state index in [9.17, 15) is 0 Å². The lowest BCUT2D eigenvalue weighted by Crippen LogP contribution is -2.31. The zero-order chi connectivity index (χ0) is 12.5. The summed E-state index contributed by atoms with van der Waals surface area (Å²) in [6.45, 7) is 4.60. The number of imidazole rings is 1. The van der Waals surface area contributed by atoms with Crippen LogP contribution in [0.25, 0.3) is 5.52 Å². The molecule has 0 aliphatic carbocycles. The second kappa shape index (κ2) is 4.61. The third-order valence-electron chi connectivity index (χ3n) is 4.00. The van der Waals surface area contributed by atoms with Crippen molar-refractivity contribution in [1.29, 1.82) is 0 Å². The fourth-order valence-electron chi connectivity index (χ4n) is 3.00. The Morgan fingerprint density at radius 1 is 1.50 bits per heavy atom. The second-order valence-corrected chi connectivity index (χ2v) is 5.02. The first-order valence-electron chi connectivity index (χ1n) is 6.74. The highest BCUT2D eigenvalue weighted by molar-refractivity contribution is 5.68. The highest BCUT2D eigenvalue weighted by atomic mass is 15.2. The fourth-order valence-corrected chi connectivity index (χ4v) is 3.00. The van der Waals surface area contributed by atoms with Crippen molar-refractivity contribution >= 4 is 11.2 Å². The minimum absolute atomic E-state index is 0.641. The molecule has 1 aliphatic rings. The fraction of sp³-hybridized carbons (Fsp3) is 0.500. The summed E-state index contributed by atoms with van der Waals surface area (Å²) in [5.41, 5.74) is 7.78. The van der Waals surface area contributed by atoms with Crippen molar-refractivity contribution in [2.75, 3.05) is 18.8 Å². The van der Waals surface area contributed by atoms with Crippen molar-refractivity contribution in [3.63, 3.8) is 0 Å². The normalized spacial score (nSPS) is 20.8. The molecule has 0 radical (unpaired) electrons. The number of rotatable bonds is 3.